The summed E-state index contributed by atoms with van der Waals surface area (Å²) in [7, 11) is 0. The Morgan fingerprint density at radius 1 is 1.23 bits per heavy atom. The highest BCUT2D eigenvalue weighted by Gasteiger charge is 2.22. The first kappa shape index (κ1) is 25.6. The minimum atomic E-state index is -1.34. The van der Waals surface area contributed by atoms with E-state index in [4.69, 9.17) is 10.1 Å². The molecule has 3 aromatic rings. The number of nitrogens with zero attached hydrogens (tertiary/aromatic N) is 2. The van der Waals surface area contributed by atoms with Crippen molar-refractivity contribution >= 4 is 34.8 Å². The Morgan fingerprint density at radius 3 is 2.60 bits per heavy atom. The van der Waals surface area contributed by atoms with Crippen LogP contribution < -0.4 is 5.32 Å². The van der Waals surface area contributed by atoms with E-state index in [9.17, 15) is 22.8 Å². The minimum absolute atomic E-state index is 0.0129. The number of amides is 1. The number of ether oxygens (including phenoxy) is 1. The van der Waals surface area contributed by atoms with Crippen LogP contribution in [0.25, 0.3) is 5.57 Å². The minimum Gasteiger partial charge on any atom is -0.494 e. The summed E-state index contributed by atoms with van der Waals surface area (Å²) in [6, 6.07) is 1.94. The molecule has 0 aliphatic heterocycles. The lowest BCUT2D eigenvalue weighted by atomic mass is 10.0. The summed E-state index contributed by atoms with van der Waals surface area (Å²) in [6.45, 7) is 6.09. The van der Waals surface area contributed by atoms with E-state index in [0.29, 0.717) is 46.5 Å². The van der Waals surface area contributed by atoms with E-state index in [-0.39, 0.29) is 17.8 Å². The van der Waals surface area contributed by atoms with Crippen LogP contribution in [0.3, 0.4) is 0 Å². The summed E-state index contributed by atoms with van der Waals surface area (Å²) >= 11 is 1.20. The molecule has 0 fully saturated rings. The normalized spacial score (nSPS) is 11.3. The average molecular weight is 504 g/mol. The molecule has 0 atom stereocenters. The second-order valence-electron chi connectivity index (χ2n) is 6.97. The van der Waals surface area contributed by atoms with Crippen molar-refractivity contribution < 1.29 is 27.5 Å². The molecule has 35 heavy (non-hydrogen) atoms. The van der Waals surface area contributed by atoms with Crippen LogP contribution >= 0.6 is 11.3 Å². The summed E-state index contributed by atoms with van der Waals surface area (Å²) in [5.74, 6) is -5.08. The van der Waals surface area contributed by atoms with Crippen LogP contribution in [0.4, 0.5) is 13.2 Å². The average Bonchev–Trinajstić information content (AvgIpc) is 3.47. The number of carbonyl (C=O) groups excluding carboxylic acids is 2. The predicted molar refractivity (Wildman–Crippen MR) is 124 cm³/mol. The van der Waals surface area contributed by atoms with Gasteiger partial charge in [-0.05, 0) is 19.2 Å². The predicted octanol–water partition coefficient (Wildman–Crippen LogP) is 4.42. The Hall–Kier alpha value is -4.06. The fourth-order valence-corrected chi connectivity index (χ4v) is 3.83. The third-order valence-corrected chi connectivity index (χ3v) is 5.54. The van der Waals surface area contributed by atoms with Gasteiger partial charge in [-0.1, -0.05) is 24.0 Å². The third kappa shape index (κ3) is 6.09. The molecule has 1 amide bonds. The van der Waals surface area contributed by atoms with Gasteiger partial charge in [0.2, 0.25) is 0 Å². The van der Waals surface area contributed by atoms with Crippen LogP contribution in [0.2, 0.25) is 0 Å². The number of H-pyrrole nitrogens is 1. The van der Waals surface area contributed by atoms with E-state index in [1.54, 1.807) is 6.08 Å². The highest BCUT2D eigenvalue weighted by molar-refractivity contribution is 7.12. The van der Waals surface area contributed by atoms with E-state index in [1.807, 2.05) is 6.92 Å². The fourth-order valence-electron chi connectivity index (χ4n) is 2.99. The zero-order chi connectivity index (χ0) is 25.5. The second kappa shape index (κ2) is 11.4. The maximum absolute atomic E-state index is 13.9. The molecule has 2 heterocycles. The van der Waals surface area contributed by atoms with Crippen molar-refractivity contribution in [1.82, 2.24) is 20.5 Å². The SMILES string of the molecule is C=C(OCC)/C(=C\CC=N)c1nnc(CNC(=O)c2cc(C(=O)c3c(F)cc(F)cc3F)c[nH]2)s1. The number of carbonyl (C=O) groups is 2. The lowest BCUT2D eigenvalue weighted by Crippen LogP contribution is -2.23. The van der Waals surface area contributed by atoms with Crippen LogP contribution in [-0.4, -0.2) is 39.7 Å². The molecular formula is C23H20F3N5O3S. The molecule has 2 aromatic heterocycles. The van der Waals surface area contributed by atoms with Gasteiger partial charge in [-0.25, -0.2) is 13.2 Å². The van der Waals surface area contributed by atoms with Crippen molar-refractivity contribution in [1.29, 1.82) is 5.41 Å². The number of ketones is 1. The number of hydrogen-bond donors (Lipinski definition) is 3. The van der Waals surface area contributed by atoms with Crippen molar-refractivity contribution in [3.05, 3.63) is 87.1 Å². The molecule has 8 nitrogen and oxygen atoms in total. The molecule has 0 spiro atoms. The van der Waals surface area contributed by atoms with E-state index in [2.05, 4.69) is 27.1 Å². The molecule has 1 aromatic carbocycles. The maximum atomic E-state index is 13.9. The smallest absolute Gasteiger partial charge is 0.268 e. The maximum Gasteiger partial charge on any atom is 0.268 e. The Kier molecular flexibility index (Phi) is 8.31. The molecule has 0 aliphatic carbocycles. The van der Waals surface area contributed by atoms with Crippen LogP contribution in [0.15, 0.2) is 42.8 Å². The van der Waals surface area contributed by atoms with E-state index < -0.39 is 34.7 Å². The molecule has 0 saturated heterocycles. The number of aromatic nitrogens is 3. The molecule has 3 rings (SSSR count). The molecule has 0 unspecified atom stereocenters. The topological polar surface area (TPSA) is 121 Å². The lowest BCUT2D eigenvalue weighted by molar-refractivity contribution is 0.0946. The first-order valence-corrected chi connectivity index (χ1v) is 11.1. The van der Waals surface area contributed by atoms with Crippen LogP contribution in [0.1, 0.15) is 49.8 Å². The molecule has 3 N–H and O–H groups in total. The monoisotopic (exact) mass is 503 g/mol. The largest absolute Gasteiger partial charge is 0.494 e. The molecule has 182 valence electrons. The first-order chi connectivity index (χ1) is 16.7. The van der Waals surface area contributed by atoms with Crippen molar-refractivity contribution in [2.75, 3.05) is 6.61 Å². The quantitative estimate of drug-likeness (QED) is 0.155. The number of hydrogen-bond acceptors (Lipinski definition) is 7. The number of allylic oxidation sites excluding steroid dienone is 2. The van der Waals surface area contributed by atoms with Gasteiger partial charge < -0.3 is 20.4 Å². The molecule has 0 bridgehead atoms. The Morgan fingerprint density at radius 2 is 1.94 bits per heavy atom. The van der Waals surface area contributed by atoms with E-state index in [1.165, 1.54) is 17.6 Å². The van der Waals surface area contributed by atoms with Crippen molar-refractivity contribution in [2.24, 2.45) is 0 Å². The fraction of sp³-hybridized carbons (Fsp3) is 0.174. The molecule has 0 aliphatic rings. The summed E-state index contributed by atoms with van der Waals surface area (Å²) in [5.41, 5.74) is -0.525. The first-order valence-electron chi connectivity index (χ1n) is 10.2. The Labute approximate surface area is 202 Å². The van der Waals surface area contributed by atoms with Crippen LogP contribution in [0.5, 0.6) is 0 Å². The van der Waals surface area contributed by atoms with E-state index >= 15 is 0 Å². The summed E-state index contributed by atoms with van der Waals surface area (Å²) in [6.07, 6.45) is 4.43. The number of benzene rings is 1. The number of nitrogens with one attached hydrogen (secondary N) is 3. The molecule has 12 heteroatoms. The zero-order valence-electron chi connectivity index (χ0n) is 18.5. The lowest BCUT2D eigenvalue weighted by Gasteiger charge is -2.08. The zero-order valence-corrected chi connectivity index (χ0v) is 19.3. The standard InChI is InChI=1S/C23H20F3N5O3S/c1-3-34-12(2)15(5-4-6-27)23-31-30-19(35-23)11-29-22(33)18-7-13(10-28-18)21(32)20-16(25)8-14(24)9-17(20)26/h5-10,27-28H,2-4,11H2,1H3,(H,29,33)/b15-5+,27-6?. The molecule has 0 radical (unpaired) electrons. The summed E-state index contributed by atoms with van der Waals surface area (Å²) in [5, 5.41) is 18.9. The van der Waals surface area contributed by atoms with E-state index in [0.717, 1.165) is 12.3 Å². The number of rotatable bonds is 11. The highest BCUT2D eigenvalue weighted by Crippen LogP contribution is 2.26. The van der Waals surface area contributed by atoms with Crippen molar-refractivity contribution in [2.45, 2.75) is 19.9 Å². The third-order valence-electron chi connectivity index (χ3n) is 4.58. The van der Waals surface area contributed by atoms with Crippen molar-refractivity contribution in [3.63, 3.8) is 0 Å². The van der Waals surface area contributed by atoms with Crippen molar-refractivity contribution in [3.8, 4) is 0 Å². The van der Waals surface area contributed by atoms with Crippen LogP contribution in [0, 0.1) is 22.9 Å². The van der Waals surface area contributed by atoms with Gasteiger partial charge in [-0.3, -0.25) is 9.59 Å². The van der Waals surface area contributed by atoms with Gasteiger partial charge in [0.25, 0.3) is 5.91 Å². The number of halogens is 3. The van der Waals surface area contributed by atoms with Gasteiger partial charge in [0.05, 0.1) is 24.3 Å². The number of aromatic amines is 1. The highest BCUT2D eigenvalue weighted by atomic mass is 32.1. The Balaban J connectivity index is 1.68. The van der Waals surface area contributed by atoms with Gasteiger partial charge in [0.1, 0.15) is 33.9 Å². The second-order valence-corrected chi connectivity index (χ2v) is 8.04. The summed E-state index contributed by atoms with van der Waals surface area (Å²) in [4.78, 5) is 27.5. The van der Waals surface area contributed by atoms with Gasteiger partial charge in [-0.15, -0.1) is 10.2 Å². The van der Waals surface area contributed by atoms with Gasteiger partial charge in [-0.2, -0.15) is 0 Å². The summed E-state index contributed by atoms with van der Waals surface area (Å²) < 4.78 is 46.4. The Bertz CT molecular complexity index is 1290. The van der Waals surface area contributed by atoms with Gasteiger partial charge >= 0.3 is 0 Å². The van der Waals surface area contributed by atoms with Crippen LogP contribution in [-0.2, 0) is 11.3 Å². The van der Waals surface area contributed by atoms with Gasteiger partial charge in [0.15, 0.2) is 10.8 Å². The molecule has 0 saturated carbocycles. The van der Waals surface area contributed by atoms with Gasteiger partial charge in [0, 0.05) is 30.3 Å². The molecular weight excluding hydrogens is 483 g/mol.